The van der Waals surface area contributed by atoms with Gasteiger partial charge < -0.3 is 9.47 Å². The molecule has 0 bridgehead atoms. The van der Waals surface area contributed by atoms with E-state index in [9.17, 15) is 19.2 Å². The van der Waals surface area contributed by atoms with Crippen LogP contribution >= 0.6 is 0 Å². The molecule has 0 amide bonds. The summed E-state index contributed by atoms with van der Waals surface area (Å²) in [5, 5.41) is 0. The summed E-state index contributed by atoms with van der Waals surface area (Å²) in [4.78, 5) is 49.2. The second kappa shape index (κ2) is 7.57. The van der Waals surface area contributed by atoms with Gasteiger partial charge in [0.1, 0.15) is 0 Å². The van der Waals surface area contributed by atoms with Gasteiger partial charge in [0.25, 0.3) is 0 Å². The number of fused-ring (bicyclic) bond motifs is 5. The van der Waals surface area contributed by atoms with Crippen molar-refractivity contribution < 1.29 is 28.7 Å². The van der Waals surface area contributed by atoms with Crippen LogP contribution in [0.2, 0.25) is 0 Å². The number of rotatable bonds is 4. The van der Waals surface area contributed by atoms with Gasteiger partial charge in [-0.1, -0.05) is 31.6 Å². The van der Waals surface area contributed by atoms with Gasteiger partial charge in [-0.2, -0.15) is 0 Å². The van der Waals surface area contributed by atoms with Crippen LogP contribution < -0.4 is 0 Å². The third-order valence-corrected chi connectivity index (χ3v) is 8.32. The van der Waals surface area contributed by atoms with Crippen LogP contribution in [-0.2, 0) is 28.7 Å². The van der Waals surface area contributed by atoms with Gasteiger partial charge in [-0.25, -0.2) is 0 Å². The first-order valence-electron chi connectivity index (χ1n) is 11.0. The lowest BCUT2D eigenvalue weighted by Gasteiger charge is -2.58. The first-order chi connectivity index (χ1) is 14.6. The Hall–Kier alpha value is -2.50. The van der Waals surface area contributed by atoms with E-state index in [0.29, 0.717) is 12.0 Å². The molecule has 0 aromatic heterocycles. The molecular weight excluding hydrogens is 396 g/mol. The van der Waals surface area contributed by atoms with E-state index >= 15 is 0 Å². The highest BCUT2D eigenvalue weighted by molar-refractivity contribution is 6.01. The highest BCUT2D eigenvalue weighted by Crippen LogP contribution is 2.66. The molecule has 6 heteroatoms. The SMILES string of the molecule is COC(=O)[C@@H]1C[C@]2(C)C(C(=O)COC(C)=O)=CC[C@@H]2[C@@H]2CCC3=CC(=O)C=C[C@]3(C)[C@H]21. The van der Waals surface area contributed by atoms with Gasteiger partial charge in [0.05, 0.1) is 13.0 Å². The first-order valence-corrected chi connectivity index (χ1v) is 11.0. The lowest BCUT2D eigenvalue weighted by Crippen LogP contribution is -2.55. The minimum Gasteiger partial charge on any atom is -0.469 e. The van der Waals surface area contributed by atoms with Crippen molar-refractivity contribution in [3.8, 4) is 0 Å². The number of hydrogen-bond donors (Lipinski definition) is 0. The fourth-order valence-electron chi connectivity index (χ4n) is 7.01. The number of hydrogen-bond acceptors (Lipinski definition) is 6. The Morgan fingerprint density at radius 1 is 1.23 bits per heavy atom. The zero-order valence-electron chi connectivity index (χ0n) is 18.6. The third-order valence-electron chi connectivity index (χ3n) is 8.32. The van der Waals surface area contributed by atoms with Crippen molar-refractivity contribution in [2.75, 3.05) is 13.7 Å². The fraction of sp³-hybridized carbons (Fsp3) is 0.600. The van der Waals surface area contributed by atoms with Crippen LogP contribution in [0.15, 0.2) is 35.5 Å². The quantitative estimate of drug-likeness (QED) is 0.641. The summed E-state index contributed by atoms with van der Waals surface area (Å²) >= 11 is 0. The van der Waals surface area contributed by atoms with Crippen molar-refractivity contribution in [2.45, 2.75) is 46.5 Å². The Bertz CT molecular complexity index is 940. The van der Waals surface area contributed by atoms with Crippen molar-refractivity contribution in [1.29, 1.82) is 0 Å². The normalized spacial score (nSPS) is 38.3. The number of allylic oxidation sites excluding steroid dienone is 5. The number of Topliss-reactive ketones (excluding diaryl/α,β-unsaturated/α-hetero) is 1. The standard InChI is InChI=1S/C25H30O6/c1-14(26)31-13-21(28)20-8-7-19-17-6-5-15-11-16(27)9-10-24(15,2)22(17)18(23(29)30-4)12-25(19,20)3/h8-11,17-19,22H,5-7,12-13H2,1-4H3/t17-,18+,19+,22+,24-,25-/m0/s1. The number of carbonyl (C=O) groups excluding carboxylic acids is 4. The second-order valence-corrected chi connectivity index (χ2v) is 9.83. The number of esters is 2. The summed E-state index contributed by atoms with van der Waals surface area (Å²) in [5.41, 5.74) is 0.924. The maximum Gasteiger partial charge on any atom is 0.309 e. The van der Waals surface area contributed by atoms with Gasteiger partial charge in [0.15, 0.2) is 18.2 Å². The summed E-state index contributed by atoms with van der Waals surface area (Å²) in [5.74, 6) is -0.860. The minimum absolute atomic E-state index is 0.00192. The molecule has 0 unspecified atom stereocenters. The Kier molecular flexibility index (Phi) is 5.31. The molecule has 0 radical (unpaired) electrons. The highest BCUT2D eigenvalue weighted by atomic mass is 16.5. The maximum absolute atomic E-state index is 13.0. The average molecular weight is 427 g/mol. The Morgan fingerprint density at radius 2 is 1.97 bits per heavy atom. The monoisotopic (exact) mass is 426 g/mol. The van der Waals surface area contributed by atoms with Gasteiger partial charge in [-0.05, 0) is 55.6 Å². The molecule has 166 valence electrons. The summed E-state index contributed by atoms with van der Waals surface area (Å²) in [6, 6.07) is 0. The summed E-state index contributed by atoms with van der Waals surface area (Å²) in [6.45, 7) is 5.22. The highest BCUT2D eigenvalue weighted by Gasteiger charge is 2.62. The van der Waals surface area contributed by atoms with Gasteiger partial charge in [0.2, 0.25) is 0 Å². The molecule has 31 heavy (non-hydrogen) atoms. The Morgan fingerprint density at radius 3 is 2.65 bits per heavy atom. The molecular formula is C25H30O6. The van der Waals surface area contributed by atoms with Crippen LogP contribution in [0, 0.1) is 34.5 Å². The van der Waals surface area contributed by atoms with Crippen molar-refractivity contribution >= 4 is 23.5 Å². The molecule has 0 heterocycles. The Labute approximate surface area is 182 Å². The van der Waals surface area contributed by atoms with E-state index in [1.165, 1.54) is 14.0 Å². The van der Waals surface area contributed by atoms with Crippen LogP contribution in [0.5, 0.6) is 0 Å². The first kappa shape index (κ1) is 21.7. The van der Waals surface area contributed by atoms with E-state index < -0.39 is 11.4 Å². The lowest BCUT2D eigenvalue weighted by atomic mass is 9.44. The number of methoxy groups -OCH3 is 1. The molecule has 0 aromatic carbocycles. The third kappa shape index (κ3) is 3.31. The van der Waals surface area contributed by atoms with E-state index in [4.69, 9.17) is 9.47 Å². The molecule has 4 aliphatic carbocycles. The molecule has 6 nitrogen and oxygen atoms in total. The number of carbonyl (C=O) groups is 4. The van der Waals surface area contributed by atoms with E-state index in [1.54, 1.807) is 12.2 Å². The summed E-state index contributed by atoms with van der Waals surface area (Å²) in [7, 11) is 1.41. The van der Waals surface area contributed by atoms with Crippen LogP contribution in [0.3, 0.4) is 0 Å². The minimum atomic E-state index is -0.483. The zero-order chi connectivity index (χ0) is 22.6. The van der Waals surface area contributed by atoms with Gasteiger partial charge in [-0.3, -0.25) is 19.2 Å². The predicted molar refractivity (Wildman–Crippen MR) is 113 cm³/mol. The van der Waals surface area contributed by atoms with Gasteiger partial charge in [0, 0.05) is 23.3 Å². The summed E-state index contributed by atoms with van der Waals surface area (Å²) in [6.07, 6.45) is 10.3. The van der Waals surface area contributed by atoms with Gasteiger partial charge in [-0.15, -0.1) is 0 Å². The summed E-state index contributed by atoms with van der Waals surface area (Å²) < 4.78 is 10.2. The molecule has 4 aliphatic rings. The molecule has 2 fully saturated rings. The van der Waals surface area contributed by atoms with Crippen LogP contribution in [-0.4, -0.2) is 37.2 Å². The van der Waals surface area contributed by atoms with Crippen molar-refractivity contribution in [1.82, 2.24) is 0 Å². The maximum atomic E-state index is 13.0. The molecule has 2 saturated carbocycles. The lowest BCUT2D eigenvalue weighted by molar-refractivity contribution is -0.159. The number of ether oxygens (including phenoxy) is 2. The zero-order valence-corrected chi connectivity index (χ0v) is 18.6. The van der Waals surface area contributed by atoms with Gasteiger partial charge >= 0.3 is 11.9 Å². The van der Waals surface area contributed by atoms with Crippen molar-refractivity contribution in [3.63, 3.8) is 0 Å². The van der Waals surface area contributed by atoms with Crippen LogP contribution in [0.1, 0.15) is 46.5 Å². The van der Waals surface area contributed by atoms with E-state index in [-0.39, 0.29) is 53.2 Å². The Balaban J connectivity index is 1.72. The molecule has 4 rings (SSSR count). The van der Waals surface area contributed by atoms with E-state index in [0.717, 1.165) is 24.8 Å². The molecule has 0 spiro atoms. The second-order valence-electron chi connectivity index (χ2n) is 9.83. The molecule has 0 aliphatic heterocycles. The molecule has 6 atom stereocenters. The van der Waals surface area contributed by atoms with Crippen molar-refractivity contribution in [3.05, 3.63) is 35.5 Å². The molecule has 0 aromatic rings. The largest absolute Gasteiger partial charge is 0.469 e. The number of ketones is 2. The molecule has 0 N–H and O–H groups in total. The van der Waals surface area contributed by atoms with Crippen LogP contribution in [0.4, 0.5) is 0 Å². The van der Waals surface area contributed by atoms with Crippen molar-refractivity contribution in [2.24, 2.45) is 34.5 Å². The average Bonchev–Trinajstić information content (AvgIpc) is 3.08. The van der Waals surface area contributed by atoms with E-state index in [2.05, 4.69) is 13.8 Å². The van der Waals surface area contributed by atoms with E-state index in [1.807, 2.05) is 12.2 Å². The topological polar surface area (TPSA) is 86.7 Å². The smallest absolute Gasteiger partial charge is 0.309 e. The molecule has 0 saturated heterocycles. The fourth-order valence-corrected chi connectivity index (χ4v) is 7.01. The predicted octanol–water partition coefficient (Wildman–Crippen LogP) is 3.36. The van der Waals surface area contributed by atoms with Crippen LogP contribution in [0.25, 0.3) is 0 Å².